The predicted octanol–water partition coefficient (Wildman–Crippen LogP) is 4.24. The number of dihydropyridines is 1. The minimum Gasteiger partial charge on any atom is -0.361 e. The van der Waals surface area contributed by atoms with Crippen molar-refractivity contribution in [1.29, 1.82) is 0 Å². The third-order valence-electron chi connectivity index (χ3n) is 5.19. The fraction of sp³-hybridized carbons (Fsp3) is 0.400. The van der Waals surface area contributed by atoms with Gasteiger partial charge in [0.05, 0.1) is 0 Å². The Balaban J connectivity index is 1.88. The number of rotatable bonds is 2. The fourth-order valence-electron chi connectivity index (χ4n) is 4.01. The van der Waals surface area contributed by atoms with Gasteiger partial charge in [0.1, 0.15) is 0 Å². The van der Waals surface area contributed by atoms with Gasteiger partial charge in [-0.05, 0) is 50.3 Å². The molecule has 2 heterocycles. The first-order valence-electron chi connectivity index (χ1n) is 8.57. The fourth-order valence-corrected chi connectivity index (χ4v) is 5.29. The number of carbonyl (C=O) groups excluding carboxylic acids is 2. The highest BCUT2D eigenvalue weighted by atomic mass is 32.2. The standard InChI is InChI=1S/C20H21NO2S/c1-11-6-7-13(10-14(11)12(2)22)18-19-15(4-3-5-17(19)23)21-16-8-9-24-20(16)18/h6-7,10,18,21H,3-5,8-9H2,1-2H3. The van der Waals surface area contributed by atoms with Crippen LogP contribution in [0.4, 0.5) is 0 Å². The van der Waals surface area contributed by atoms with Crippen LogP contribution in [0, 0.1) is 6.92 Å². The molecular weight excluding hydrogens is 318 g/mol. The first-order valence-corrected chi connectivity index (χ1v) is 9.55. The minimum atomic E-state index is 0.00949. The van der Waals surface area contributed by atoms with E-state index in [1.165, 1.54) is 10.6 Å². The van der Waals surface area contributed by atoms with Gasteiger partial charge >= 0.3 is 0 Å². The van der Waals surface area contributed by atoms with Crippen LogP contribution in [0.1, 0.15) is 60.0 Å². The number of benzene rings is 1. The Hall–Kier alpha value is -1.81. The van der Waals surface area contributed by atoms with Gasteiger partial charge in [-0.15, -0.1) is 11.8 Å². The van der Waals surface area contributed by atoms with Crippen molar-refractivity contribution in [3.63, 3.8) is 0 Å². The molecular formula is C20H21NO2S. The van der Waals surface area contributed by atoms with Crippen molar-refractivity contribution in [2.45, 2.75) is 45.4 Å². The van der Waals surface area contributed by atoms with Crippen LogP contribution in [0.2, 0.25) is 0 Å². The van der Waals surface area contributed by atoms with E-state index in [1.54, 1.807) is 6.92 Å². The molecule has 0 fully saturated rings. The molecule has 0 amide bonds. The van der Waals surface area contributed by atoms with Gasteiger partial charge in [-0.3, -0.25) is 9.59 Å². The van der Waals surface area contributed by atoms with Gasteiger partial charge in [-0.25, -0.2) is 0 Å². The van der Waals surface area contributed by atoms with Crippen molar-refractivity contribution >= 4 is 23.3 Å². The highest BCUT2D eigenvalue weighted by molar-refractivity contribution is 8.03. The van der Waals surface area contributed by atoms with Gasteiger partial charge < -0.3 is 5.32 Å². The number of nitrogens with one attached hydrogen (secondary N) is 1. The number of hydrogen-bond acceptors (Lipinski definition) is 4. The summed E-state index contributed by atoms with van der Waals surface area (Å²) in [6.07, 6.45) is 3.55. The van der Waals surface area contributed by atoms with Gasteiger partial charge in [0, 0.05) is 45.5 Å². The van der Waals surface area contributed by atoms with E-state index in [4.69, 9.17) is 0 Å². The second kappa shape index (κ2) is 5.92. The van der Waals surface area contributed by atoms with Crippen LogP contribution in [0.25, 0.3) is 0 Å². The number of ketones is 2. The lowest BCUT2D eigenvalue weighted by atomic mass is 9.78. The van der Waals surface area contributed by atoms with Gasteiger partial charge in [-0.1, -0.05) is 12.1 Å². The number of Topliss-reactive ketones (excluding diaryl/α,β-unsaturated/α-hetero) is 2. The van der Waals surface area contributed by atoms with Crippen LogP contribution in [0.3, 0.4) is 0 Å². The molecule has 1 atom stereocenters. The zero-order valence-electron chi connectivity index (χ0n) is 14.1. The monoisotopic (exact) mass is 339 g/mol. The normalized spacial score (nSPS) is 23.1. The zero-order valence-corrected chi connectivity index (χ0v) is 14.9. The number of allylic oxidation sites excluding steroid dienone is 4. The predicted molar refractivity (Wildman–Crippen MR) is 97.0 cm³/mol. The van der Waals surface area contributed by atoms with Crippen molar-refractivity contribution in [2.75, 3.05) is 5.75 Å². The van der Waals surface area contributed by atoms with E-state index < -0.39 is 0 Å². The lowest BCUT2D eigenvalue weighted by molar-refractivity contribution is -0.116. The van der Waals surface area contributed by atoms with Gasteiger partial charge in [0.25, 0.3) is 0 Å². The number of carbonyl (C=O) groups is 2. The molecule has 0 bridgehead atoms. The lowest BCUT2D eigenvalue weighted by Crippen LogP contribution is -2.30. The Morgan fingerprint density at radius 1 is 1.21 bits per heavy atom. The molecule has 1 aromatic rings. The van der Waals surface area contributed by atoms with E-state index in [-0.39, 0.29) is 17.5 Å². The summed E-state index contributed by atoms with van der Waals surface area (Å²) in [6, 6.07) is 6.11. The Morgan fingerprint density at radius 3 is 2.83 bits per heavy atom. The molecule has 24 heavy (non-hydrogen) atoms. The van der Waals surface area contributed by atoms with Crippen molar-refractivity contribution in [3.05, 3.63) is 56.8 Å². The molecule has 0 saturated heterocycles. The van der Waals surface area contributed by atoms with Crippen LogP contribution >= 0.6 is 11.8 Å². The molecule has 2 aliphatic heterocycles. The molecule has 1 aromatic carbocycles. The minimum absolute atomic E-state index is 0.00949. The molecule has 0 spiro atoms. The summed E-state index contributed by atoms with van der Waals surface area (Å²) in [5.74, 6) is 1.42. The first-order chi connectivity index (χ1) is 11.6. The lowest BCUT2D eigenvalue weighted by Gasteiger charge is -2.33. The molecule has 4 heteroatoms. The van der Waals surface area contributed by atoms with Crippen LogP contribution in [-0.4, -0.2) is 17.3 Å². The van der Waals surface area contributed by atoms with E-state index in [0.717, 1.165) is 53.0 Å². The second-order valence-corrected chi connectivity index (χ2v) is 7.94. The third kappa shape index (κ3) is 2.44. The Bertz CT molecular complexity index is 819. The highest BCUT2D eigenvalue weighted by Crippen LogP contribution is 2.50. The highest BCUT2D eigenvalue weighted by Gasteiger charge is 2.38. The third-order valence-corrected chi connectivity index (χ3v) is 6.39. The maximum absolute atomic E-state index is 12.7. The summed E-state index contributed by atoms with van der Waals surface area (Å²) in [6.45, 7) is 3.58. The largest absolute Gasteiger partial charge is 0.361 e. The summed E-state index contributed by atoms with van der Waals surface area (Å²) >= 11 is 1.85. The van der Waals surface area contributed by atoms with E-state index in [1.807, 2.05) is 30.8 Å². The summed E-state index contributed by atoms with van der Waals surface area (Å²) in [7, 11) is 0. The summed E-state index contributed by atoms with van der Waals surface area (Å²) in [4.78, 5) is 25.9. The molecule has 124 valence electrons. The van der Waals surface area contributed by atoms with Crippen LogP contribution in [-0.2, 0) is 4.79 Å². The van der Waals surface area contributed by atoms with Gasteiger partial charge in [-0.2, -0.15) is 0 Å². The van der Waals surface area contributed by atoms with E-state index in [9.17, 15) is 9.59 Å². The Kier molecular flexibility index (Phi) is 3.87. The van der Waals surface area contributed by atoms with Crippen LogP contribution < -0.4 is 5.32 Å². The van der Waals surface area contributed by atoms with Crippen molar-refractivity contribution in [3.8, 4) is 0 Å². The molecule has 3 aliphatic rings. The maximum Gasteiger partial charge on any atom is 0.161 e. The quantitative estimate of drug-likeness (QED) is 0.819. The van der Waals surface area contributed by atoms with Crippen molar-refractivity contribution < 1.29 is 9.59 Å². The molecule has 1 unspecified atom stereocenters. The molecule has 4 rings (SSSR count). The molecule has 1 aliphatic carbocycles. The number of aryl methyl sites for hydroxylation is 1. The smallest absolute Gasteiger partial charge is 0.161 e. The average Bonchev–Trinajstić information content (AvgIpc) is 3.01. The van der Waals surface area contributed by atoms with E-state index in [2.05, 4.69) is 11.4 Å². The molecule has 0 aromatic heterocycles. The van der Waals surface area contributed by atoms with Crippen LogP contribution in [0.15, 0.2) is 40.1 Å². The SMILES string of the molecule is CC(=O)c1cc(C2C3=C(CCS3)NC3=C2C(=O)CCC3)ccc1C. The molecule has 0 radical (unpaired) electrons. The molecule has 3 nitrogen and oxygen atoms in total. The van der Waals surface area contributed by atoms with E-state index in [0.29, 0.717) is 6.42 Å². The summed E-state index contributed by atoms with van der Waals surface area (Å²) in [5.41, 5.74) is 6.18. The van der Waals surface area contributed by atoms with E-state index >= 15 is 0 Å². The summed E-state index contributed by atoms with van der Waals surface area (Å²) in [5, 5.41) is 3.55. The van der Waals surface area contributed by atoms with Crippen molar-refractivity contribution in [2.24, 2.45) is 0 Å². The van der Waals surface area contributed by atoms with Gasteiger partial charge in [0.2, 0.25) is 0 Å². The topological polar surface area (TPSA) is 46.2 Å². The van der Waals surface area contributed by atoms with Gasteiger partial charge in [0.15, 0.2) is 11.6 Å². The van der Waals surface area contributed by atoms with Crippen molar-refractivity contribution in [1.82, 2.24) is 5.32 Å². The van der Waals surface area contributed by atoms with Crippen LogP contribution in [0.5, 0.6) is 0 Å². The number of thioether (sulfide) groups is 1. The Morgan fingerprint density at radius 2 is 2.04 bits per heavy atom. The zero-order chi connectivity index (χ0) is 16.8. The average molecular weight is 339 g/mol. The molecule has 0 saturated carbocycles. The Labute approximate surface area is 146 Å². The second-order valence-electron chi connectivity index (χ2n) is 6.80. The number of hydrogen-bond donors (Lipinski definition) is 1. The first kappa shape index (κ1) is 15.7. The molecule has 1 N–H and O–H groups in total. The summed E-state index contributed by atoms with van der Waals surface area (Å²) < 4.78 is 0. The maximum atomic E-state index is 12.7.